The summed E-state index contributed by atoms with van der Waals surface area (Å²) in [7, 11) is -0.450. The summed E-state index contributed by atoms with van der Waals surface area (Å²) in [6.45, 7) is 12.6. The predicted molar refractivity (Wildman–Crippen MR) is 117 cm³/mol. The van der Waals surface area contributed by atoms with Crippen LogP contribution in [0.3, 0.4) is 0 Å². The van der Waals surface area contributed by atoms with Crippen LogP contribution in [0.2, 0.25) is 0 Å². The number of aromatic nitrogens is 1. The number of carbonyl (C=O) groups is 1. The monoisotopic (exact) mass is 410 g/mol. The van der Waals surface area contributed by atoms with Crippen LogP contribution in [0.15, 0.2) is 48.7 Å². The van der Waals surface area contributed by atoms with E-state index in [1.165, 1.54) is 0 Å². The summed E-state index contributed by atoms with van der Waals surface area (Å²) in [5, 5.41) is 0. The molecule has 30 heavy (non-hydrogen) atoms. The summed E-state index contributed by atoms with van der Waals surface area (Å²) in [6, 6.07) is 13.5. The molecule has 1 saturated heterocycles. The van der Waals surface area contributed by atoms with Crippen LogP contribution >= 0.6 is 0 Å². The molecule has 2 aromatic rings. The molecule has 6 nitrogen and oxygen atoms in total. The molecule has 0 bridgehead atoms. The van der Waals surface area contributed by atoms with E-state index < -0.39 is 18.3 Å². The van der Waals surface area contributed by atoms with E-state index >= 15 is 0 Å². The van der Waals surface area contributed by atoms with Crippen molar-refractivity contribution in [1.82, 2.24) is 9.88 Å². The summed E-state index contributed by atoms with van der Waals surface area (Å²) in [5.41, 5.74) is 1.81. The smallest absolute Gasteiger partial charge is 0.445 e. The maximum absolute atomic E-state index is 12.6. The predicted octanol–water partition coefficient (Wildman–Crippen LogP) is 3.93. The molecule has 1 fully saturated rings. The minimum atomic E-state index is -0.450. The van der Waals surface area contributed by atoms with Gasteiger partial charge < -0.3 is 14.0 Å². The summed E-state index contributed by atoms with van der Waals surface area (Å²) in [6.07, 6.45) is 1.40. The Morgan fingerprint density at radius 1 is 1.07 bits per heavy atom. The number of hydrogen-bond acceptors (Lipinski definition) is 5. The minimum Gasteiger partial charge on any atom is -0.445 e. The highest BCUT2D eigenvalue weighted by Gasteiger charge is 2.51. The molecule has 0 radical (unpaired) electrons. The van der Waals surface area contributed by atoms with Gasteiger partial charge in [0.1, 0.15) is 6.61 Å². The van der Waals surface area contributed by atoms with E-state index in [-0.39, 0.29) is 18.7 Å². The number of carbonyl (C=O) groups excluding carboxylic acids is 1. The maximum Gasteiger partial charge on any atom is 0.496 e. The summed E-state index contributed by atoms with van der Waals surface area (Å²) in [4.78, 5) is 18.8. The Morgan fingerprint density at radius 3 is 2.23 bits per heavy atom. The largest absolute Gasteiger partial charge is 0.496 e. The first-order valence-corrected chi connectivity index (χ1v) is 10.4. The van der Waals surface area contributed by atoms with Gasteiger partial charge in [-0.15, -0.1) is 0 Å². The van der Waals surface area contributed by atoms with E-state index in [0.29, 0.717) is 6.54 Å². The molecule has 0 saturated carbocycles. The summed E-state index contributed by atoms with van der Waals surface area (Å²) < 4.78 is 17.6. The lowest BCUT2D eigenvalue weighted by molar-refractivity contribution is 0.00578. The number of hydrogen-bond donors (Lipinski definition) is 0. The molecule has 2 heterocycles. The topological polar surface area (TPSA) is 60.9 Å². The van der Waals surface area contributed by atoms with Crippen LogP contribution in [-0.2, 0) is 27.2 Å². The van der Waals surface area contributed by atoms with E-state index in [2.05, 4.69) is 4.98 Å². The van der Waals surface area contributed by atoms with Crippen LogP contribution in [0.5, 0.6) is 0 Å². The van der Waals surface area contributed by atoms with Crippen LogP contribution in [0.4, 0.5) is 4.79 Å². The van der Waals surface area contributed by atoms with Crippen molar-refractivity contribution in [3.8, 4) is 0 Å². The normalized spacial score (nSPS) is 17.2. The van der Waals surface area contributed by atoms with Crippen molar-refractivity contribution in [3.05, 3.63) is 59.9 Å². The molecule has 0 aliphatic carbocycles. The number of pyridine rings is 1. The van der Waals surface area contributed by atoms with Crippen molar-refractivity contribution in [2.24, 2.45) is 0 Å². The molecule has 1 aliphatic heterocycles. The molecule has 0 atom stereocenters. The second-order valence-electron chi connectivity index (χ2n) is 8.93. The first-order chi connectivity index (χ1) is 14.1. The number of ether oxygens (including phenoxy) is 1. The molecule has 0 unspecified atom stereocenters. The third-order valence-electron chi connectivity index (χ3n) is 5.77. The van der Waals surface area contributed by atoms with Crippen LogP contribution in [0.1, 0.15) is 52.8 Å². The molecule has 3 rings (SSSR count). The lowest BCUT2D eigenvalue weighted by atomic mass is 9.80. The molecule has 0 spiro atoms. The molecule has 1 amide bonds. The molecular formula is C23H31BN2O4. The Hall–Kier alpha value is -2.38. The third kappa shape index (κ3) is 5.02. The van der Waals surface area contributed by atoms with Crippen LogP contribution in [0, 0.1) is 0 Å². The van der Waals surface area contributed by atoms with Crippen molar-refractivity contribution in [2.45, 2.75) is 71.9 Å². The lowest BCUT2D eigenvalue weighted by Crippen LogP contribution is -2.41. The zero-order valence-electron chi connectivity index (χ0n) is 18.7. The SMILES string of the molecule is CC(C)N(Cc1ccc(B2OC(C)(C)C(C)(C)O2)cn1)C(=O)OCc1ccccc1. The van der Waals surface area contributed by atoms with Crippen molar-refractivity contribution < 1.29 is 18.8 Å². The molecule has 1 aromatic carbocycles. The molecule has 7 heteroatoms. The average Bonchev–Trinajstić information content (AvgIpc) is 2.92. The van der Waals surface area contributed by atoms with Gasteiger partial charge in [-0.2, -0.15) is 0 Å². The van der Waals surface area contributed by atoms with E-state index in [1.54, 1.807) is 11.1 Å². The molecular weight excluding hydrogens is 379 g/mol. The van der Waals surface area contributed by atoms with Crippen molar-refractivity contribution >= 4 is 18.7 Å². The quantitative estimate of drug-likeness (QED) is 0.676. The van der Waals surface area contributed by atoms with Crippen LogP contribution < -0.4 is 5.46 Å². The number of benzene rings is 1. The zero-order valence-corrected chi connectivity index (χ0v) is 18.7. The number of nitrogens with zero attached hydrogens (tertiary/aromatic N) is 2. The van der Waals surface area contributed by atoms with E-state index in [4.69, 9.17) is 14.0 Å². The zero-order chi connectivity index (χ0) is 21.9. The molecule has 0 N–H and O–H groups in total. The van der Waals surface area contributed by atoms with Gasteiger partial charge in [0.15, 0.2) is 0 Å². The second-order valence-corrected chi connectivity index (χ2v) is 8.93. The Labute approximate surface area is 179 Å². The maximum atomic E-state index is 12.6. The Balaban J connectivity index is 1.63. The van der Waals surface area contributed by atoms with Gasteiger partial charge in [-0.25, -0.2) is 4.79 Å². The number of rotatable bonds is 6. The van der Waals surface area contributed by atoms with E-state index in [1.807, 2.05) is 84.0 Å². The van der Waals surface area contributed by atoms with Gasteiger partial charge in [-0.05, 0) is 53.2 Å². The third-order valence-corrected chi connectivity index (χ3v) is 5.77. The standard InChI is InChI=1S/C23H31BN2O4/c1-17(2)26(21(27)28-16-18-10-8-7-9-11-18)15-20-13-12-19(14-25-20)24-29-22(3,4)23(5,6)30-24/h7-14,17H,15-16H2,1-6H3. The van der Waals surface area contributed by atoms with Gasteiger partial charge in [0, 0.05) is 17.7 Å². The van der Waals surface area contributed by atoms with Gasteiger partial charge in [-0.3, -0.25) is 9.88 Å². The number of amides is 1. The van der Waals surface area contributed by atoms with Gasteiger partial charge in [0.25, 0.3) is 0 Å². The lowest BCUT2D eigenvalue weighted by Gasteiger charge is -2.32. The van der Waals surface area contributed by atoms with Gasteiger partial charge in [0.05, 0.1) is 23.4 Å². The first-order valence-electron chi connectivity index (χ1n) is 10.4. The molecule has 160 valence electrons. The van der Waals surface area contributed by atoms with Crippen molar-refractivity contribution in [2.75, 3.05) is 0 Å². The highest BCUT2D eigenvalue weighted by molar-refractivity contribution is 6.62. The van der Waals surface area contributed by atoms with Gasteiger partial charge in [-0.1, -0.05) is 36.4 Å². The van der Waals surface area contributed by atoms with Crippen molar-refractivity contribution in [1.29, 1.82) is 0 Å². The van der Waals surface area contributed by atoms with E-state index in [9.17, 15) is 4.79 Å². The fourth-order valence-electron chi connectivity index (χ4n) is 3.08. The van der Waals surface area contributed by atoms with E-state index in [0.717, 1.165) is 16.7 Å². The fourth-order valence-corrected chi connectivity index (χ4v) is 3.08. The van der Waals surface area contributed by atoms with Crippen molar-refractivity contribution in [3.63, 3.8) is 0 Å². The average molecular weight is 410 g/mol. The molecule has 1 aliphatic rings. The summed E-state index contributed by atoms with van der Waals surface area (Å²) >= 11 is 0. The summed E-state index contributed by atoms with van der Waals surface area (Å²) in [5.74, 6) is 0. The van der Waals surface area contributed by atoms with Crippen LogP contribution in [-0.4, -0.2) is 40.3 Å². The van der Waals surface area contributed by atoms with Crippen LogP contribution in [0.25, 0.3) is 0 Å². The second kappa shape index (κ2) is 8.78. The highest BCUT2D eigenvalue weighted by Crippen LogP contribution is 2.36. The van der Waals surface area contributed by atoms with Gasteiger partial charge in [0.2, 0.25) is 0 Å². The molecule has 1 aromatic heterocycles. The minimum absolute atomic E-state index is 0.0159. The Bertz CT molecular complexity index is 837. The Morgan fingerprint density at radius 2 is 1.70 bits per heavy atom. The first kappa shape index (κ1) is 22.3. The fraction of sp³-hybridized carbons (Fsp3) is 0.478. The Kier molecular flexibility index (Phi) is 6.53. The van der Waals surface area contributed by atoms with Gasteiger partial charge >= 0.3 is 13.2 Å². The highest BCUT2D eigenvalue weighted by atomic mass is 16.7.